The number of H-pyrrole nitrogens is 1. The maximum absolute atomic E-state index is 12.5. The average Bonchev–Trinajstić information content (AvgIpc) is 2.76. The van der Waals surface area contributed by atoms with E-state index in [2.05, 4.69) is 10.9 Å². The van der Waals surface area contributed by atoms with E-state index in [0.717, 1.165) is 16.6 Å². The molecule has 2 rings (SSSR count). The van der Waals surface area contributed by atoms with Gasteiger partial charge in [-0.3, -0.25) is 4.79 Å². The van der Waals surface area contributed by atoms with E-state index in [0.29, 0.717) is 0 Å². The molecule has 1 aliphatic rings. The van der Waals surface area contributed by atoms with Gasteiger partial charge >= 0.3 is 0 Å². The van der Waals surface area contributed by atoms with Gasteiger partial charge in [-0.15, -0.1) is 6.42 Å². The number of sulfonamides is 1. The molecule has 21 heavy (non-hydrogen) atoms. The summed E-state index contributed by atoms with van der Waals surface area (Å²) in [7, 11) is -7.20. The van der Waals surface area contributed by atoms with Gasteiger partial charge in [0.25, 0.3) is 0 Å². The number of nitrogens with one attached hydrogen (secondary N) is 1. The second-order valence-electron chi connectivity index (χ2n) is 4.70. The molecule has 9 heteroatoms. The fourth-order valence-corrected chi connectivity index (χ4v) is 5.56. The van der Waals surface area contributed by atoms with E-state index in [1.54, 1.807) is 0 Å². The third-order valence-electron chi connectivity index (χ3n) is 3.23. The molecule has 1 N–H and O–H groups in total. The Morgan fingerprint density at radius 3 is 2.62 bits per heavy atom. The lowest BCUT2D eigenvalue weighted by Crippen LogP contribution is -2.41. The molecule has 1 fully saturated rings. The molecule has 1 unspecified atom stereocenters. The Bertz CT molecular complexity index is 813. The van der Waals surface area contributed by atoms with Crippen LogP contribution in [0.15, 0.2) is 28.0 Å². The van der Waals surface area contributed by atoms with Gasteiger partial charge in [0, 0.05) is 18.3 Å². The third-order valence-corrected chi connectivity index (χ3v) is 6.87. The molecule has 1 atom stereocenters. The number of hydrogen-bond acceptors (Lipinski definition) is 5. The number of aromatic nitrogens is 1. The zero-order chi connectivity index (χ0) is 15.7. The first kappa shape index (κ1) is 15.8. The Morgan fingerprint density at radius 2 is 2.14 bits per heavy atom. The zero-order valence-electron chi connectivity index (χ0n) is 11.0. The van der Waals surface area contributed by atoms with Gasteiger partial charge in [-0.1, -0.05) is 5.92 Å². The molecule has 0 saturated carbocycles. The highest BCUT2D eigenvalue weighted by Crippen LogP contribution is 2.23. The lowest BCUT2D eigenvalue weighted by Gasteiger charge is -2.25. The van der Waals surface area contributed by atoms with Crippen LogP contribution in [0.3, 0.4) is 0 Å². The van der Waals surface area contributed by atoms with E-state index in [-0.39, 0.29) is 29.4 Å². The van der Waals surface area contributed by atoms with Crippen molar-refractivity contribution in [2.45, 2.75) is 17.4 Å². The highest BCUT2D eigenvalue weighted by atomic mass is 32.2. The van der Waals surface area contributed by atoms with Gasteiger partial charge in [0.2, 0.25) is 15.6 Å². The van der Waals surface area contributed by atoms with Crippen LogP contribution in [-0.2, 0) is 19.9 Å². The van der Waals surface area contributed by atoms with Gasteiger partial charge < -0.3 is 4.98 Å². The Kier molecular flexibility index (Phi) is 4.22. The minimum absolute atomic E-state index is 0.0557. The maximum atomic E-state index is 12.5. The molecular formula is C12H14N2O5S2. The number of rotatable bonds is 4. The van der Waals surface area contributed by atoms with Crippen LogP contribution in [-0.4, -0.2) is 50.2 Å². The summed E-state index contributed by atoms with van der Waals surface area (Å²) in [4.78, 5) is 13.2. The second kappa shape index (κ2) is 5.63. The monoisotopic (exact) mass is 330 g/mol. The summed E-state index contributed by atoms with van der Waals surface area (Å²) in [6, 6.07) is 1.58. The van der Waals surface area contributed by atoms with Crippen molar-refractivity contribution in [3.63, 3.8) is 0 Å². The fourth-order valence-electron chi connectivity index (χ4n) is 2.19. The Morgan fingerprint density at radius 1 is 1.43 bits per heavy atom. The topological polar surface area (TPSA) is 104 Å². The molecule has 0 amide bonds. The molecule has 0 aromatic carbocycles. The van der Waals surface area contributed by atoms with Gasteiger partial charge in [0.15, 0.2) is 9.84 Å². The van der Waals surface area contributed by atoms with E-state index < -0.39 is 31.5 Å². The van der Waals surface area contributed by atoms with E-state index in [1.807, 2.05) is 0 Å². The molecule has 0 spiro atoms. The number of nitrogens with zero attached hydrogens (tertiary/aromatic N) is 1. The molecule has 0 bridgehead atoms. The van der Waals surface area contributed by atoms with Crippen molar-refractivity contribution in [1.82, 2.24) is 9.29 Å². The highest BCUT2D eigenvalue weighted by Gasteiger charge is 2.38. The van der Waals surface area contributed by atoms with Gasteiger partial charge in [-0.05, 0) is 12.5 Å². The summed E-state index contributed by atoms with van der Waals surface area (Å²) < 4.78 is 49.2. The fraction of sp³-hybridized carbons (Fsp3) is 0.417. The van der Waals surface area contributed by atoms with E-state index in [4.69, 9.17) is 6.42 Å². The number of sulfone groups is 1. The van der Waals surface area contributed by atoms with Crippen molar-refractivity contribution >= 4 is 19.9 Å². The smallest absolute Gasteiger partial charge is 0.247 e. The normalized spacial score (nSPS) is 21.2. The van der Waals surface area contributed by atoms with Crippen LogP contribution in [0.2, 0.25) is 0 Å². The van der Waals surface area contributed by atoms with Crippen LogP contribution in [0.25, 0.3) is 0 Å². The number of pyridine rings is 1. The Balaban J connectivity index is 2.40. The second-order valence-corrected chi connectivity index (χ2v) is 8.82. The summed E-state index contributed by atoms with van der Waals surface area (Å²) in [6.07, 6.45) is 6.49. The molecule has 1 aromatic heterocycles. The number of terminal acetylenes is 1. The minimum atomic E-state index is -3.96. The molecule has 0 aliphatic carbocycles. The van der Waals surface area contributed by atoms with E-state index in [9.17, 15) is 21.6 Å². The van der Waals surface area contributed by atoms with Crippen molar-refractivity contribution in [1.29, 1.82) is 0 Å². The van der Waals surface area contributed by atoms with E-state index in [1.165, 1.54) is 6.07 Å². The van der Waals surface area contributed by atoms with Gasteiger partial charge in [0.05, 0.1) is 22.9 Å². The molecule has 114 valence electrons. The van der Waals surface area contributed by atoms with Crippen molar-refractivity contribution in [3.8, 4) is 12.3 Å². The minimum Gasteiger partial charge on any atom is -0.328 e. The summed E-state index contributed by atoms with van der Waals surface area (Å²) in [5.41, 5.74) is -0.430. The standard InChI is InChI=1S/C12H14N2O5S2/c1-2-6-14(10-5-7-20(16,17)9-10)21(18,19)11-3-4-12(15)13-8-11/h1,3-4,8,10H,5-7,9H2,(H,13,15). The average molecular weight is 330 g/mol. The number of aromatic amines is 1. The van der Waals surface area contributed by atoms with Crippen LogP contribution in [0, 0.1) is 12.3 Å². The molecule has 2 heterocycles. The SMILES string of the molecule is C#CCN(C1CCS(=O)(=O)C1)S(=O)(=O)c1ccc(=O)[nH]c1. The molecule has 1 aliphatic heterocycles. The predicted octanol–water partition coefficient (Wildman–Crippen LogP) is -0.814. The summed E-state index contributed by atoms with van der Waals surface area (Å²) in [6.45, 7) is -0.221. The Labute approximate surface area is 123 Å². The predicted molar refractivity (Wildman–Crippen MR) is 76.8 cm³/mol. The molecular weight excluding hydrogens is 316 g/mol. The Hall–Kier alpha value is -1.63. The first-order valence-corrected chi connectivity index (χ1v) is 9.37. The molecule has 7 nitrogen and oxygen atoms in total. The van der Waals surface area contributed by atoms with Gasteiger partial charge in [-0.2, -0.15) is 4.31 Å². The van der Waals surface area contributed by atoms with Crippen LogP contribution < -0.4 is 5.56 Å². The van der Waals surface area contributed by atoms with Crippen LogP contribution in [0.1, 0.15) is 6.42 Å². The number of hydrogen-bond donors (Lipinski definition) is 1. The molecule has 1 aromatic rings. The van der Waals surface area contributed by atoms with Crippen molar-refractivity contribution in [2.75, 3.05) is 18.1 Å². The van der Waals surface area contributed by atoms with Gasteiger partial charge in [-0.25, -0.2) is 16.8 Å². The van der Waals surface area contributed by atoms with Crippen molar-refractivity contribution < 1.29 is 16.8 Å². The highest BCUT2D eigenvalue weighted by molar-refractivity contribution is 7.92. The zero-order valence-corrected chi connectivity index (χ0v) is 12.7. The quantitative estimate of drug-likeness (QED) is 0.727. The van der Waals surface area contributed by atoms with E-state index >= 15 is 0 Å². The van der Waals surface area contributed by atoms with Crippen molar-refractivity contribution in [3.05, 3.63) is 28.7 Å². The molecule has 0 radical (unpaired) electrons. The largest absolute Gasteiger partial charge is 0.328 e. The third kappa shape index (κ3) is 3.34. The lowest BCUT2D eigenvalue weighted by atomic mass is 10.3. The van der Waals surface area contributed by atoms with Crippen LogP contribution in [0.5, 0.6) is 0 Å². The first-order chi connectivity index (χ1) is 9.76. The summed E-state index contributed by atoms with van der Waals surface area (Å²) in [5.74, 6) is 1.94. The van der Waals surface area contributed by atoms with Crippen LogP contribution in [0.4, 0.5) is 0 Å². The van der Waals surface area contributed by atoms with Crippen LogP contribution >= 0.6 is 0 Å². The summed E-state index contributed by atoms with van der Waals surface area (Å²) >= 11 is 0. The van der Waals surface area contributed by atoms with Crippen molar-refractivity contribution in [2.24, 2.45) is 0 Å². The van der Waals surface area contributed by atoms with Gasteiger partial charge in [0.1, 0.15) is 0 Å². The summed E-state index contributed by atoms with van der Waals surface area (Å²) in [5, 5.41) is 0. The maximum Gasteiger partial charge on any atom is 0.247 e. The first-order valence-electron chi connectivity index (χ1n) is 6.11. The lowest BCUT2D eigenvalue weighted by molar-refractivity contribution is 0.371. The molecule has 1 saturated heterocycles.